The van der Waals surface area contributed by atoms with Crippen molar-refractivity contribution in [2.24, 2.45) is 4.99 Å². The molecule has 0 atom stereocenters. The molecule has 2 aromatic carbocycles. The second kappa shape index (κ2) is 7.06. The van der Waals surface area contributed by atoms with E-state index in [2.05, 4.69) is 9.89 Å². The van der Waals surface area contributed by atoms with E-state index in [1.807, 2.05) is 24.3 Å². The Labute approximate surface area is 143 Å². The Kier molecular flexibility index (Phi) is 4.88. The summed E-state index contributed by atoms with van der Waals surface area (Å²) >= 11 is 7.55. The number of aliphatic imine (C=N–C) groups is 1. The monoisotopic (exact) mass is 345 g/mol. The van der Waals surface area contributed by atoms with Crippen LogP contribution in [0.3, 0.4) is 0 Å². The third-order valence-electron chi connectivity index (χ3n) is 3.50. The van der Waals surface area contributed by atoms with Gasteiger partial charge in [0.25, 0.3) is 0 Å². The standard InChI is InChI=1S/C17H15ClN2O2S/c18-14-5-1-12(2-6-14)11-23-17-19-9-10-20(17)15-7-3-13(4-8-15)16(21)22/h1-8H,9-11H2,(H,21,22)/p-1. The van der Waals surface area contributed by atoms with E-state index >= 15 is 0 Å². The molecule has 0 aliphatic carbocycles. The molecule has 0 amide bonds. The largest absolute Gasteiger partial charge is 0.545 e. The van der Waals surface area contributed by atoms with Crippen molar-refractivity contribution in [1.82, 2.24) is 0 Å². The minimum Gasteiger partial charge on any atom is -0.545 e. The number of halogens is 1. The highest BCUT2D eigenvalue weighted by atomic mass is 35.5. The molecule has 2 aromatic rings. The van der Waals surface area contributed by atoms with E-state index in [0.717, 1.165) is 34.7 Å². The average molecular weight is 346 g/mol. The van der Waals surface area contributed by atoms with Crippen LogP contribution in [0.4, 0.5) is 5.69 Å². The molecule has 0 fully saturated rings. The maximum Gasteiger partial charge on any atom is 0.164 e. The summed E-state index contributed by atoms with van der Waals surface area (Å²) in [5, 5.41) is 12.5. The summed E-state index contributed by atoms with van der Waals surface area (Å²) < 4.78 is 0. The van der Waals surface area contributed by atoms with Crippen LogP contribution >= 0.6 is 23.4 Å². The fourth-order valence-electron chi connectivity index (χ4n) is 2.30. The lowest BCUT2D eigenvalue weighted by molar-refractivity contribution is -0.255. The Morgan fingerprint density at radius 2 is 1.87 bits per heavy atom. The predicted octanol–water partition coefficient (Wildman–Crippen LogP) is 2.81. The molecule has 23 heavy (non-hydrogen) atoms. The Morgan fingerprint density at radius 1 is 1.17 bits per heavy atom. The molecule has 0 spiro atoms. The first-order valence-electron chi connectivity index (χ1n) is 7.14. The molecule has 0 saturated heterocycles. The van der Waals surface area contributed by atoms with Crippen LogP contribution in [-0.4, -0.2) is 24.2 Å². The Hall–Kier alpha value is -1.98. The van der Waals surface area contributed by atoms with Gasteiger partial charge in [-0.05, 0) is 35.4 Å². The fraction of sp³-hybridized carbons (Fsp3) is 0.176. The highest BCUT2D eigenvalue weighted by Crippen LogP contribution is 2.25. The van der Waals surface area contributed by atoms with Gasteiger partial charge in [-0.25, -0.2) is 0 Å². The van der Waals surface area contributed by atoms with Crippen molar-refractivity contribution in [2.75, 3.05) is 18.0 Å². The van der Waals surface area contributed by atoms with Crippen molar-refractivity contribution in [3.8, 4) is 0 Å². The number of amidine groups is 1. The van der Waals surface area contributed by atoms with Crippen LogP contribution in [0, 0.1) is 0 Å². The quantitative estimate of drug-likeness (QED) is 0.855. The van der Waals surface area contributed by atoms with E-state index in [1.54, 1.807) is 36.0 Å². The number of thioether (sulfide) groups is 1. The number of carbonyl (C=O) groups is 1. The van der Waals surface area contributed by atoms with Gasteiger partial charge in [-0.1, -0.05) is 47.6 Å². The number of nitrogens with zero attached hydrogens (tertiary/aromatic N) is 2. The first-order valence-corrected chi connectivity index (χ1v) is 8.50. The van der Waals surface area contributed by atoms with Crippen LogP contribution in [0.2, 0.25) is 5.02 Å². The van der Waals surface area contributed by atoms with Crippen LogP contribution in [-0.2, 0) is 5.75 Å². The first-order chi connectivity index (χ1) is 11.1. The number of hydrogen-bond acceptors (Lipinski definition) is 5. The summed E-state index contributed by atoms with van der Waals surface area (Å²) in [7, 11) is 0. The molecule has 3 rings (SSSR count). The van der Waals surface area contributed by atoms with Gasteiger partial charge in [-0.2, -0.15) is 0 Å². The van der Waals surface area contributed by atoms with E-state index in [1.165, 1.54) is 5.56 Å². The zero-order valence-corrected chi connectivity index (χ0v) is 13.8. The summed E-state index contributed by atoms with van der Waals surface area (Å²) in [5.74, 6) is -0.354. The van der Waals surface area contributed by atoms with Crippen molar-refractivity contribution in [1.29, 1.82) is 0 Å². The molecular formula is C17H14ClN2O2S-. The number of hydrogen-bond donors (Lipinski definition) is 0. The lowest BCUT2D eigenvalue weighted by Gasteiger charge is -2.20. The van der Waals surface area contributed by atoms with Gasteiger partial charge in [0.2, 0.25) is 0 Å². The summed E-state index contributed by atoms with van der Waals surface area (Å²) in [4.78, 5) is 17.5. The van der Waals surface area contributed by atoms with Crippen LogP contribution in [0.5, 0.6) is 0 Å². The third-order valence-corrected chi connectivity index (χ3v) is 4.83. The third kappa shape index (κ3) is 3.86. The van der Waals surface area contributed by atoms with Gasteiger partial charge >= 0.3 is 0 Å². The number of carboxylic acids is 1. The number of aromatic carboxylic acids is 1. The van der Waals surface area contributed by atoms with Gasteiger partial charge in [-0.15, -0.1) is 0 Å². The zero-order chi connectivity index (χ0) is 16.2. The molecule has 1 aliphatic heterocycles. The maximum absolute atomic E-state index is 10.8. The average Bonchev–Trinajstić information content (AvgIpc) is 3.03. The summed E-state index contributed by atoms with van der Waals surface area (Å²) in [6.07, 6.45) is 0. The second-order valence-corrected chi connectivity index (χ2v) is 6.44. The van der Waals surface area contributed by atoms with Crippen molar-refractivity contribution in [3.63, 3.8) is 0 Å². The van der Waals surface area contributed by atoms with E-state index in [-0.39, 0.29) is 5.56 Å². The summed E-state index contributed by atoms with van der Waals surface area (Å²) in [6, 6.07) is 14.5. The lowest BCUT2D eigenvalue weighted by atomic mass is 10.2. The van der Waals surface area contributed by atoms with E-state index in [4.69, 9.17) is 11.6 Å². The molecule has 1 aliphatic rings. The normalized spacial score (nSPS) is 14.0. The molecule has 1 heterocycles. The maximum atomic E-state index is 10.8. The SMILES string of the molecule is O=C([O-])c1ccc(N2CCN=C2SCc2ccc(Cl)cc2)cc1. The van der Waals surface area contributed by atoms with Crippen molar-refractivity contribution in [2.45, 2.75) is 5.75 Å². The van der Waals surface area contributed by atoms with Crippen LogP contribution < -0.4 is 10.0 Å². The van der Waals surface area contributed by atoms with E-state index < -0.39 is 5.97 Å². The number of anilines is 1. The Balaban J connectivity index is 1.67. The molecular weight excluding hydrogens is 332 g/mol. The zero-order valence-electron chi connectivity index (χ0n) is 12.2. The minimum absolute atomic E-state index is 0.181. The molecule has 0 unspecified atom stereocenters. The van der Waals surface area contributed by atoms with Gasteiger partial charge in [0, 0.05) is 23.0 Å². The van der Waals surface area contributed by atoms with Crippen molar-refractivity contribution >= 4 is 40.2 Å². The van der Waals surface area contributed by atoms with Crippen molar-refractivity contribution in [3.05, 3.63) is 64.7 Å². The predicted molar refractivity (Wildman–Crippen MR) is 93.2 cm³/mol. The fourth-order valence-corrected chi connectivity index (χ4v) is 3.45. The molecule has 6 heteroatoms. The molecule has 0 saturated carbocycles. The number of benzene rings is 2. The van der Waals surface area contributed by atoms with E-state index in [0.29, 0.717) is 0 Å². The van der Waals surface area contributed by atoms with Gasteiger partial charge in [0.05, 0.1) is 12.5 Å². The second-order valence-electron chi connectivity index (χ2n) is 5.07. The van der Waals surface area contributed by atoms with Crippen LogP contribution in [0.1, 0.15) is 15.9 Å². The minimum atomic E-state index is -1.16. The Bertz CT molecular complexity index is 729. The van der Waals surface area contributed by atoms with Gasteiger partial charge in [0.15, 0.2) is 5.17 Å². The van der Waals surface area contributed by atoms with Gasteiger partial charge < -0.3 is 14.8 Å². The number of carbonyl (C=O) groups excluding carboxylic acids is 1. The molecule has 0 N–H and O–H groups in total. The van der Waals surface area contributed by atoms with Crippen LogP contribution in [0.25, 0.3) is 0 Å². The molecule has 4 nitrogen and oxygen atoms in total. The smallest absolute Gasteiger partial charge is 0.164 e. The molecule has 0 aromatic heterocycles. The molecule has 118 valence electrons. The first kappa shape index (κ1) is 15.9. The van der Waals surface area contributed by atoms with E-state index in [9.17, 15) is 9.90 Å². The molecule has 0 radical (unpaired) electrons. The van der Waals surface area contributed by atoms with Gasteiger partial charge in [-0.3, -0.25) is 4.99 Å². The highest BCUT2D eigenvalue weighted by molar-refractivity contribution is 8.13. The molecule has 0 bridgehead atoms. The van der Waals surface area contributed by atoms with Gasteiger partial charge in [0.1, 0.15) is 0 Å². The Morgan fingerprint density at radius 3 is 2.52 bits per heavy atom. The number of carboxylic acid groups (broad SMARTS) is 1. The van der Waals surface area contributed by atoms with Crippen molar-refractivity contribution < 1.29 is 9.90 Å². The summed E-state index contributed by atoms with van der Waals surface area (Å²) in [5.41, 5.74) is 2.30. The van der Waals surface area contributed by atoms with Crippen LogP contribution in [0.15, 0.2) is 53.5 Å². The lowest BCUT2D eigenvalue weighted by Crippen LogP contribution is -2.26. The number of rotatable bonds is 4. The topological polar surface area (TPSA) is 55.7 Å². The highest BCUT2D eigenvalue weighted by Gasteiger charge is 2.19. The summed E-state index contributed by atoms with van der Waals surface area (Å²) in [6.45, 7) is 1.54.